The molecule has 5 amide bonds. The van der Waals surface area contributed by atoms with Gasteiger partial charge >= 0.3 is 6.03 Å². The predicted octanol–water partition coefficient (Wildman–Crippen LogP) is 0.946. The van der Waals surface area contributed by atoms with Crippen molar-refractivity contribution in [3.05, 3.63) is 23.7 Å². The number of carbonyl (C=O) groups is 4. The largest absolute Gasteiger partial charge is 0.469 e. The fourth-order valence-electron chi connectivity index (χ4n) is 3.67. The number of likely N-dealkylation sites (N-methyl/N-ethyl adjacent to an activating group) is 1. The monoisotopic (exact) mass is 362 g/mol. The van der Waals surface area contributed by atoms with E-state index in [1.165, 1.54) is 17.2 Å². The second-order valence-corrected chi connectivity index (χ2v) is 6.72. The van der Waals surface area contributed by atoms with Crippen molar-refractivity contribution >= 4 is 23.8 Å². The standard InChI is InChI=1S/C17H22N4O5/c1-11-12(6-9-26-11)14(23)19-18-13(22)10-21-15(24)17(20(2)16(21)25)7-4-3-5-8-17/h6,9H,3-5,7-8,10H2,1-2H3,(H,18,22)(H,19,23). The van der Waals surface area contributed by atoms with Crippen LogP contribution in [0.1, 0.15) is 48.2 Å². The summed E-state index contributed by atoms with van der Waals surface area (Å²) in [5.74, 6) is -1.11. The number of furan rings is 1. The predicted molar refractivity (Wildman–Crippen MR) is 89.7 cm³/mol. The molecule has 2 N–H and O–H groups in total. The first-order chi connectivity index (χ1) is 12.4. The molecule has 1 aliphatic carbocycles. The van der Waals surface area contributed by atoms with Gasteiger partial charge in [0.2, 0.25) is 0 Å². The van der Waals surface area contributed by atoms with Crippen molar-refractivity contribution in [3.63, 3.8) is 0 Å². The number of hydrogen-bond acceptors (Lipinski definition) is 5. The lowest BCUT2D eigenvalue weighted by Gasteiger charge is -2.35. The van der Waals surface area contributed by atoms with Gasteiger partial charge in [0.05, 0.1) is 11.8 Å². The fourth-order valence-corrected chi connectivity index (χ4v) is 3.67. The SMILES string of the molecule is Cc1occc1C(=O)NNC(=O)CN1C(=O)N(C)C2(CCCCC2)C1=O. The lowest BCUT2D eigenvalue weighted by molar-refractivity contribution is -0.137. The Hall–Kier alpha value is -2.84. The average Bonchev–Trinajstić information content (AvgIpc) is 3.14. The van der Waals surface area contributed by atoms with Crippen LogP contribution in [0.5, 0.6) is 0 Å². The van der Waals surface area contributed by atoms with E-state index in [9.17, 15) is 19.2 Å². The molecule has 1 aliphatic heterocycles. The van der Waals surface area contributed by atoms with E-state index in [1.807, 2.05) is 0 Å². The summed E-state index contributed by atoms with van der Waals surface area (Å²) in [6, 6.07) is 0.996. The Morgan fingerprint density at radius 3 is 2.50 bits per heavy atom. The molecule has 1 saturated carbocycles. The lowest BCUT2D eigenvalue weighted by Crippen LogP contribution is -2.50. The van der Waals surface area contributed by atoms with Crippen LogP contribution >= 0.6 is 0 Å². The number of carbonyl (C=O) groups excluding carboxylic acids is 4. The molecular weight excluding hydrogens is 340 g/mol. The van der Waals surface area contributed by atoms with E-state index in [0.717, 1.165) is 24.2 Å². The van der Waals surface area contributed by atoms with Crippen molar-refractivity contribution < 1.29 is 23.6 Å². The van der Waals surface area contributed by atoms with Gasteiger partial charge < -0.3 is 9.32 Å². The number of amides is 5. The highest BCUT2D eigenvalue weighted by Gasteiger charge is 2.55. The third-order valence-electron chi connectivity index (χ3n) is 5.20. The van der Waals surface area contributed by atoms with Crippen molar-refractivity contribution in [1.29, 1.82) is 0 Å². The summed E-state index contributed by atoms with van der Waals surface area (Å²) in [5.41, 5.74) is 3.94. The third-order valence-corrected chi connectivity index (χ3v) is 5.20. The molecule has 3 rings (SSSR count). The van der Waals surface area contributed by atoms with Crippen molar-refractivity contribution in [2.45, 2.75) is 44.6 Å². The van der Waals surface area contributed by atoms with E-state index in [4.69, 9.17) is 4.42 Å². The minimum atomic E-state index is -0.827. The summed E-state index contributed by atoms with van der Waals surface area (Å²) in [6.45, 7) is 1.19. The first-order valence-corrected chi connectivity index (χ1v) is 8.60. The molecule has 9 heteroatoms. The minimum Gasteiger partial charge on any atom is -0.469 e. The Kier molecular flexibility index (Phi) is 4.71. The van der Waals surface area contributed by atoms with Gasteiger partial charge in [0.1, 0.15) is 17.8 Å². The highest BCUT2D eigenvalue weighted by atomic mass is 16.3. The molecule has 1 spiro atoms. The topological polar surface area (TPSA) is 112 Å². The van der Waals surface area contributed by atoms with Crippen LogP contribution in [0, 0.1) is 6.92 Å². The summed E-state index contributed by atoms with van der Waals surface area (Å²) in [4.78, 5) is 51.7. The number of urea groups is 1. The number of imide groups is 1. The second-order valence-electron chi connectivity index (χ2n) is 6.72. The van der Waals surface area contributed by atoms with Crippen LogP contribution in [-0.2, 0) is 9.59 Å². The Balaban J connectivity index is 1.60. The summed E-state index contributed by atoms with van der Waals surface area (Å²) in [5, 5.41) is 0. The van der Waals surface area contributed by atoms with Crippen LogP contribution in [-0.4, -0.2) is 52.7 Å². The van der Waals surface area contributed by atoms with Gasteiger partial charge in [-0.15, -0.1) is 0 Å². The molecule has 1 aromatic heterocycles. The molecule has 2 aliphatic rings. The van der Waals surface area contributed by atoms with Crippen molar-refractivity contribution in [2.24, 2.45) is 0 Å². The first-order valence-electron chi connectivity index (χ1n) is 8.60. The van der Waals surface area contributed by atoms with Crippen LogP contribution in [0.4, 0.5) is 4.79 Å². The molecule has 1 aromatic rings. The van der Waals surface area contributed by atoms with Gasteiger partial charge in [-0.05, 0) is 25.8 Å². The highest BCUT2D eigenvalue weighted by molar-refractivity contribution is 6.09. The van der Waals surface area contributed by atoms with E-state index in [2.05, 4.69) is 10.9 Å². The maximum Gasteiger partial charge on any atom is 0.327 e. The quantitative estimate of drug-likeness (QED) is 0.614. The van der Waals surface area contributed by atoms with Gasteiger partial charge in [-0.2, -0.15) is 0 Å². The summed E-state index contributed by atoms with van der Waals surface area (Å²) in [7, 11) is 1.60. The summed E-state index contributed by atoms with van der Waals surface area (Å²) >= 11 is 0. The molecule has 9 nitrogen and oxygen atoms in total. The second kappa shape index (κ2) is 6.81. The van der Waals surface area contributed by atoms with Crippen LogP contribution in [0.2, 0.25) is 0 Å². The number of hydrazine groups is 1. The van der Waals surface area contributed by atoms with Gasteiger partial charge in [-0.25, -0.2) is 4.79 Å². The van der Waals surface area contributed by atoms with Crippen LogP contribution in [0.15, 0.2) is 16.7 Å². The zero-order valence-corrected chi connectivity index (χ0v) is 14.8. The minimum absolute atomic E-state index is 0.291. The van der Waals surface area contributed by atoms with Gasteiger partial charge in [0, 0.05) is 7.05 Å². The Morgan fingerprint density at radius 1 is 1.19 bits per heavy atom. The van der Waals surface area contributed by atoms with Crippen molar-refractivity contribution in [1.82, 2.24) is 20.7 Å². The Labute approximate surface area is 150 Å². The molecule has 1 saturated heterocycles. The van der Waals surface area contributed by atoms with E-state index in [-0.39, 0.29) is 5.91 Å². The molecule has 0 bridgehead atoms. The average molecular weight is 362 g/mol. The molecule has 26 heavy (non-hydrogen) atoms. The number of hydrogen-bond donors (Lipinski definition) is 2. The molecule has 140 valence electrons. The zero-order chi connectivity index (χ0) is 18.9. The third kappa shape index (κ3) is 2.93. The molecular formula is C17H22N4O5. The highest BCUT2D eigenvalue weighted by Crippen LogP contribution is 2.39. The van der Waals surface area contributed by atoms with E-state index in [1.54, 1.807) is 14.0 Å². The Bertz CT molecular complexity index is 750. The number of aryl methyl sites for hydroxylation is 1. The maximum absolute atomic E-state index is 12.8. The normalized spacial score (nSPS) is 19.2. The van der Waals surface area contributed by atoms with Gasteiger partial charge in [-0.1, -0.05) is 19.3 Å². The smallest absolute Gasteiger partial charge is 0.327 e. The summed E-state index contributed by atoms with van der Waals surface area (Å²) in [6.07, 6.45) is 5.39. The molecule has 0 radical (unpaired) electrons. The zero-order valence-electron chi connectivity index (χ0n) is 14.8. The Morgan fingerprint density at radius 2 is 1.88 bits per heavy atom. The molecule has 0 atom stereocenters. The van der Waals surface area contributed by atoms with Crippen molar-refractivity contribution in [2.75, 3.05) is 13.6 Å². The first kappa shape index (κ1) is 18.0. The maximum atomic E-state index is 12.8. The number of nitrogens with one attached hydrogen (secondary N) is 2. The van der Waals surface area contributed by atoms with E-state index < -0.39 is 29.9 Å². The molecule has 0 unspecified atom stereocenters. The van der Waals surface area contributed by atoms with Crippen LogP contribution < -0.4 is 10.9 Å². The van der Waals surface area contributed by atoms with Crippen LogP contribution in [0.3, 0.4) is 0 Å². The fraction of sp³-hybridized carbons (Fsp3) is 0.529. The number of rotatable bonds is 3. The summed E-state index contributed by atoms with van der Waals surface area (Å²) < 4.78 is 5.03. The molecule has 0 aromatic carbocycles. The molecule has 2 heterocycles. The molecule has 2 fully saturated rings. The lowest BCUT2D eigenvalue weighted by atomic mass is 9.81. The van der Waals surface area contributed by atoms with Gasteiger partial charge in [0.25, 0.3) is 17.7 Å². The van der Waals surface area contributed by atoms with Crippen LogP contribution in [0.25, 0.3) is 0 Å². The van der Waals surface area contributed by atoms with Gasteiger partial charge in [0.15, 0.2) is 0 Å². The van der Waals surface area contributed by atoms with Gasteiger partial charge in [-0.3, -0.25) is 30.1 Å². The number of nitrogens with zero attached hydrogens (tertiary/aromatic N) is 2. The van der Waals surface area contributed by atoms with E-state index >= 15 is 0 Å². The van der Waals surface area contributed by atoms with E-state index in [0.29, 0.717) is 24.2 Å². The van der Waals surface area contributed by atoms with Crippen molar-refractivity contribution in [3.8, 4) is 0 Å².